The fourth-order valence-electron chi connectivity index (χ4n) is 2.42. The monoisotopic (exact) mass is 295 g/mol. The molecule has 0 unspecified atom stereocenters. The van der Waals surface area contributed by atoms with Crippen LogP contribution in [0.15, 0.2) is 22.7 Å². The minimum absolute atomic E-state index is 0.0858. The van der Waals surface area contributed by atoms with Crippen molar-refractivity contribution in [2.75, 3.05) is 0 Å². The third-order valence-corrected chi connectivity index (χ3v) is 4.72. The molecule has 1 aromatic rings. The van der Waals surface area contributed by atoms with E-state index in [9.17, 15) is 0 Å². The average molecular weight is 296 g/mol. The number of hydrogen-bond acceptors (Lipinski definition) is 2. The highest BCUT2D eigenvalue weighted by atomic mass is 79.9. The van der Waals surface area contributed by atoms with Crippen LogP contribution < -0.4 is 10.5 Å². The van der Waals surface area contributed by atoms with E-state index in [1.54, 1.807) is 0 Å². The zero-order valence-electron chi connectivity index (χ0n) is 9.92. The lowest BCUT2D eigenvalue weighted by atomic mass is 9.73. The van der Waals surface area contributed by atoms with E-state index in [1.165, 1.54) is 31.2 Å². The molecule has 0 spiro atoms. The highest BCUT2D eigenvalue weighted by Gasteiger charge is 2.34. The van der Waals surface area contributed by atoms with E-state index in [2.05, 4.69) is 34.1 Å². The fraction of sp³-hybridized carbons (Fsp3) is 0.571. The number of benzene rings is 1. The molecule has 3 heteroatoms. The number of ether oxygens (including phenoxy) is 1. The molecular formula is C14H18BrNO. The van der Waals surface area contributed by atoms with Crippen molar-refractivity contribution in [2.45, 2.75) is 50.2 Å². The molecule has 1 aromatic carbocycles. The molecule has 3 rings (SSSR count). The van der Waals surface area contributed by atoms with E-state index < -0.39 is 0 Å². The van der Waals surface area contributed by atoms with Gasteiger partial charge in [0.15, 0.2) is 0 Å². The number of nitrogens with two attached hydrogens (primary N) is 1. The lowest BCUT2D eigenvalue weighted by Crippen LogP contribution is -2.43. The first-order valence-corrected chi connectivity index (χ1v) is 7.22. The first-order chi connectivity index (χ1) is 8.17. The molecule has 2 N–H and O–H groups in total. The van der Waals surface area contributed by atoms with Gasteiger partial charge in [0.25, 0.3) is 0 Å². The third-order valence-electron chi connectivity index (χ3n) is 4.10. The minimum atomic E-state index is -0.0858. The number of rotatable bonds is 3. The normalized spacial score (nSPS) is 22.7. The Balaban J connectivity index is 1.78. The van der Waals surface area contributed by atoms with Gasteiger partial charge in [0.05, 0.1) is 10.6 Å². The standard InChI is InChI=1S/C14H18BrNO/c15-12-9-10(14(16)7-2-8-14)5-6-13(12)17-11-3-1-4-11/h5-6,9,11H,1-4,7-8,16H2. The summed E-state index contributed by atoms with van der Waals surface area (Å²) in [5.41, 5.74) is 7.47. The van der Waals surface area contributed by atoms with Crippen LogP contribution in [0.1, 0.15) is 44.1 Å². The Bertz CT molecular complexity index is 424. The van der Waals surface area contributed by atoms with Gasteiger partial charge in [0.2, 0.25) is 0 Å². The summed E-state index contributed by atoms with van der Waals surface area (Å²) in [5, 5.41) is 0. The summed E-state index contributed by atoms with van der Waals surface area (Å²) < 4.78 is 6.95. The Labute approximate surface area is 111 Å². The summed E-state index contributed by atoms with van der Waals surface area (Å²) in [6.07, 6.45) is 7.54. The first kappa shape index (κ1) is 11.5. The Morgan fingerprint density at radius 2 is 2.00 bits per heavy atom. The van der Waals surface area contributed by atoms with Gasteiger partial charge in [-0.3, -0.25) is 0 Å². The Hall–Kier alpha value is -0.540. The topological polar surface area (TPSA) is 35.2 Å². The summed E-state index contributed by atoms with van der Waals surface area (Å²) in [6.45, 7) is 0. The quantitative estimate of drug-likeness (QED) is 0.922. The molecule has 17 heavy (non-hydrogen) atoms. The van der Waals surface area contributed by atoms with Crippen LogP contribution in [0.5, 0.6) is 5.75 Å². The Kier molecular flexibility index (Phi) is 2.91. The minimum Gasteiger partial charge on any atom is -0.489 e. The zero-order chi connectivity index (χ0) is 11.9. The van der Waals surface area contributed by atoms with Crippen LogP contribution in [0.3, 0.4) is 0 Å². The van der Waals surface area contributed by atoms with E-state index in [0.29, 0.717) is 6.10 Å². The third kappa shape index (κ3) is 2.11. The van der Waals surface area contributed by atoms with E-state index in [1.807, 2.05) is 0 Å². The molecule has 0 atom stereocenters. The molecule has 2 saturated carbocycles. The van der Waals surface area contributed by atoms with Crippen LogP contribution in [-0.4, -0.2) is 6.10 Å². The highest BCUT2D eigenvalue weighted by Crippen LogP contribution is 2.41. The van der Waals surface area contributed by atoms with Gasteiger partial charge in [0, 0.05) is 5.54 Å². The van der Waals surface area contributed by atoms with Crippen molar-refractivity contribution < 1.29 is 4.74 Å². The van der Waals surface area contributed by atoms with Crippen LogP contribution in [0.25, 0.3) is 0 Å². The summed E-state index contributed by atoms with van der Waals surface area (Å²) in [7, 11) is 0. The van der Waals surface area contributed by atoms with Crippen LogP contribution >= 0.6 is 15.9 Å². The van der Waals surface area contributed by atoms with Gasteiger partial charge >= 0.3 is 0 Å². The van der Waals surface area contributed by atoms with Crippen LogP contribution in [-0.2, 0) is 5.54 Å². The number of halogens is 1. The molecule has 2 aliphatic rings. The molecule has 0 aliphatic heterocycles. The zero-order valence-corrected chi connectivity index (χ0v) is 11.5. The summed E-state index contributed by atoms with van der Waals surface area (Å²) in [5.74, 6) is 0.960. The maximum atomic E-state index is 6.32. The van der Waals surface area contributed by atoms with E-state index in [-0.39, 0.29) is 5.54 Å². The molecule has 0 amide bonds. The molecular weight excluding hydrogens is 278 g/mol. The van der Waals surface area contributed by atoms with Crippen molar-refractivity contribution >= 4 is 15.9 Å². The van der Waals surface area contributed by atoms with E-state index >= 15 is 0 Å². The second kappa shape index (κ2) is 4.29. The van der Waals surface area contributed by atoms with Crippen molar-refractivity contribution in [3.63, 3.8) is 0 Å². The molecule has 0 saturated heterocycles. The van der Waals surface area contributed by atoms with E-state index in [0.717, 1.165) is 23.1 Å². The van der Waals surface area contributed by atoms with Crippen LogP contribution in [0.4, 0.5) is 0 Å². The van der Waals surface area contributed by atoms with Gasteiger partial charge in [-0.15, -0.1) is 0 Å². The lowest BCUT2D eigenvalue weighted by Gasteiger charge is -2.39. The summed E-state index contributed by atoms with van der Waals surface area (Å²) >= 11 is 3.59. The van der Waals surface area contributed by atoms with Gasteiger partial charge in [-0.05, 0) is 72.2 Å². The maximum Gasteiger partial charge on any atom is 0.133 e. The largest absolute Gasteiger partial charge is 0.489 e. The van der Waals surface area contributed by atoms with Crippen molar-refractivity contribution in [3.8, 4) is 5.75 Å². The molecule has 2 aliphatic carbocycles. The second-order valence-electron chi connectivity index (χ2n) is 5.33. The van der Waals surface area contributed by atoms with Crippen LogP contribution in [0, 0.1) is 0 Å². The van der Waals surface area contributed by atoms with Gasteiger partial charge in [-0.25, -0.2) is 0 Å². The van der Waals surface area contributed by atoms with E-state index in [4.69, 9.17) is 10.5 Å². The fourth-order valence-corrected chi connectivity index (χ4v) is 2.89. The molecule has 2 fully saturated rings. The highest BCUT2D eigenvalue weighted by molar-refractivity contribution is 9.10. The summed E-state index contributed by atoms with van der Waals surface area (Å²) in [6, 6.07) is 6.32. The van der Waals surface area contributed by atoms with Gasteiger partial charge < -0.3 is 10.5 Å². The van der Waals surface area contributed by atoms with Crippen molar-refractivity contribution in [3.05, 3.63) is 28.2 Å². The lowest BCUT2D eigenvalue weighted by molar-refractivity contribution is 0.119. The van der Waals surface area contributed by atoms with Crippen molar-refractivity contribution in [1.29, 1.82) is 0 Å². The van der Waals surface area contributed by atoms with Crippen molar-refractivity contribution in [2.24, 2.45) is 5.73 Å². The molecule has 0 radical (unpaired) electrons. The molecule has 0 aromatic heterocycles. The average Bonchev–Trinajstić information content (AvgIpc) is 2.21. The molecule has 0 bridgehead atoms. The van der Waals surface area contributed by atoms with Gasteiger partial charge in [-0.2, -0.15) is 0 Å². The van der Waals surface area contributed by atoms with Crippen LogP contribution in [0.2, 0.25) is 0 Å². The number of hydrogen-bond donors (Lipinski definition) is 1. The summed E-state index contributed by atoms with van der Waals surface area (Å²) in [4.78, 5) is 0. The molecule has 2 nitrogen and oxygen atoms in total. The second-order valence-corrected chi connectivity index (χ2v) is 6.18. The smallest absolute Gasteiger partial charge is 0.133 e. The van der Waals surface area contributed by atoms with Gasteiger partial charge in [0.1, 0.15) is 5.75 Å². The predicted octanol–water partition coefficient (Wildman–Crippen LogP) is 3.72. The Morgan fingerprint density at radius 3 is 2.47 bits per heavy atom. The van der Waals surface area contributed by atoms with Gasteiger partial charge in [-0.1, -0.05) is 6.07 Å². The van der Waals surface area contributed by atoms with Crippen molar-refractivity contribution in [1.82, 2.24) is 0 Å². The SMILES string of the molecule is NC1(c2ccc(OC3CCC3)c(Br)c2)CCC1. The maximum absolute atomic E-state index is 6.32. The Morgan fingerprint density at radius 1 is 1.24 bits per heavy atom. The molecule has 92 valence electrons. The first-order valence-electron chi connectivity index (χ1n) is 6.43. The molecule has 0 heterocycles. The predicted molar refractivity (Wildman–Crippen MR) is 72.1 cm³/mol.